The van der Waals surface area contributed by atoms with Gasteiger partial charge in [0.15, 0.2) is 0 Å². The Bertz CT molecular complexity index is 831. The third-order valence-electron chi connectivity index (χ3n) is 3.13. The van der Waals surface area contributed by atoms with Gasteiger partial charge in [0.25, 0.3) is 0 Å². The maximum atomic E-state index is 10.8. The SMILES string of the molecule is Cc1cc(NC(=O)O)cc(-c2ccc3nccnc3c2)c1. The first-order valence-electron chi connectivity index (χ1n) is 6.44. The number of amides is 1. The smallest absolute Gasteiger partial charge is 0.409 e. The number of nitrogens with zero attached hydrogens (tertiary/aromatic N) is 2. The van der Waals surface area contributed by atoms with Gasteiger partial charge in [-0.3, -0.25) is 15.3 Å². The lowest BCUT2D eigenvalue weighted by Crippen LogP contribution is -2.07. The largest absolute Gasteiger partial charge is 0.465 e. The van der Waals surface area contributed by atoms with Gasteiger partial charge in [-0.2, -0.15) is 0 Å². The van der Waals surface area contributed by atoms with Crippen LogP contribution in [0.2, 0.25) is 0 Å². The predicted octanol–water partition coefficient (Wildman–Crippen LogP) is 3.70. The second-order valence-corrected chi connectivity index (χ2v) is 4.78. The molecule has 0 spiro atoms. The summed E-state index contributed by atoms with van der Waals surface area (Å²) < 4.78 is 0. The molecule has 0 unspecified atom stereocenters. The molecule has 21 heavy (non-hydrogen) atoms. The van der Waals surface area contributed by atoms with Crippen LogP contribution in [0.15, 0.2) is 48.8 Å². The minimum atomic E-state index is -1.07. The van der Waals surface area contributed by atoms with Gasteiger partial charge in [-0.05, 0) is 47.9 Å². The summed E-state index contributed by atoms with van der Waals surface area (Å²) in [6.45, 7) is 1.93. The van der Waals surface area contributed by atoms with Crippen LogP contribution in [0, 0.1) is 6.92 Å². The molecule has 1 heterocycles. The van der Waals surface area contributed by atoms with Crippen LogP contribution in [-0.4, -0.2) is 21.2 Å². The summed E-state index contributed by atoms with van der Waals surface area (Å²) in [5, 5.41) is 11.2. The van der Waals surface area contributed by atoms with E-state index in [4.69, 9.17) is 5.11 Å². The zero-order chi connectivity index (χ0) is 14.8. The van der Waals surface area contributed by atoms with E-state index in [0.717, 1.165) is 27.7 Å². The van der Waals surface area contributed by atoms with Crippen LogP contribution in [-0.2, 0) is 0 Å². The highest BCUT2D eigenvalue weighted by atomic mass is 16.4. The van der Waals surface area contributed by atoms with E-state index in [-0.39, 0.29) is 0 Å². The van der Waals surface area contributed by atoms with E-state index in [1.165, 1.54) is 0 Å². The molecule has 2 aromatic carbocycles. The number of nitrogens with one attached hydrogen (secondary N) is 1. The van der Waals surface area contributed by atoms with Crippen LogP contribution in [0.1, 0.15) is 5.56 Å². The Hall–Kier alpha value is -2.95. The molecule has 0 saturated heterocycles. The first kappa shape index (κ1) is 13.1. The molecule has 0 atom stereocenters. The molecule has 104 valence electrons. The molecule has 5 heteroatoms. The summed E-state index contributed by atoms with van der Waals surface area (Å²) in [7, 11) is 0. The van der Waals surface area contributed by atoms with Gasteiger partial charge in [0, 0.05) is 18.1 Å². The van der Waals surface area contributed by atoms with Crippen molar-refractivity contribution in [2.24, 2.45) is 0 Å². The summed E-state index contributed by atoms with van der Waals surface area (Å²) in [4.78, 5) is 19.3. The molecule has 0 aliphatic carbocycles. The summed E-state index contributed by atoms with van der Waals surface area (Å²) in [5.74, 6) is 0. The van der Waals surface area contributed by atoms with E-state index in [0.29, 0.717) is 5.69 Å². The third-order valence-corrected chi connectivity index (χ3v) is 3.13. The fraction of sp³-hybridized carbons (Fsp3) is 0.0625. The van der Waals surface area contributed by atoms with Crippen LogP contribution in [0.3, 0.4) is 0 Å². The van der Waals surface area contributed by atoms with Crippen LogP contribution in [0.5, 0.6) is 0 Å². The molecule has 2 N–H and O–H groups in total. The number of fused-ring (bicyclic) bond motifs is 1. The van der Waals surface area contributed by atoms with Crippen molar-refractivity contribution in [3.8, 4) is 11.1 Å². The van der Waals surface area contributed by atoms with E-state index in [9.17, 15) is 4.79 Å². The number of aromatic nitrogens is 2. The van der Waals surface area contributed by atoms with E-state index in [1.54, 1.807) is 24.5 Å². The van der Waals surface area contributed by atoms with Gasteiger partial charge in [-0.1, -0.05) is 12.1 Å². The van der Waals surface area contributed by atoms with Gasteiger partial charge in [-0.15, -0.1) is 0 Å². The number of rotatable bonds is 2. The molecular weight excluding hydrogens is 266 g/mol. The summed E-state index contributed by atoms with van der Waals surface area (Å²) in [6, 6.07) is 11.4. The first-order chi connectivity index (χ1) is 10.1. The average molecular weight is 279 g/mol. The summed E-state index contributed by atoms with van der Waals surface area (Å²) in [5.41, 5.74) is 5.08. The molecule has 1 amide bonds. The Labute approximate surface area is 121 Å². The number of anilines is 1. The highest BCUT2D eigenvalue weighted by Gasteiger charge is 2.05. The normalized spacial score (nSPS) is 10.5. The Kier molecular flexibility index (Phi) is 3.23. The van der Waals surface area contributed by atoms with Gasteiger partial charge < -0.3 is 5.11 Å². The van der Waals surface area contributed by atoms with Crippen LogP contribution >= 0.6 is 0 Å². The van der Waals surface area contributed by atoms with E-state index >= 15 is 0 Å². The summed E-state index contributed by atoms with van der Waals surface area (Å²) >= 11 is 0. The number of aryl methyl sites for hydroxylation is 1. The highest BCUT2D eigenvalue weighted by molar-refractivity contribution is 5.86. The van der Waals surface area contributed by atoms with Gasteiger partial charge in [0.2, 0.25) is 0 Å². The number of hydrogen-bond donors (Lipinski definition) is 2. The second kappa shape index (κ2) is 5.20. The maximum Gasteiger partial charge on any atom is 0.409 e. The minimum absolute atomic E-state index is 0.553. The van der Waals surface area contributed by atoms with Crippen molar-refractivity contribution in [2.75, 3.05) is 5.32 Å². The monoisotopic (exact) mass is 279 g/mol. The molecule has 3 aromatic rings. The Balaban J connectivity index is 2.08. The fourth-order valence-corrected chi connectivity index (χ4v) is 2.29. The molecule has 0 radical (unpaired) electrons. The first-order valence-corrected chi connectivity index (χ1v) is 6.44. The lowest BCUT2D eigenvalue weighted by atomic mass is 10.0. The number of carbonyl (C=O) groups is 1. The molecule has 0 aliphatic heterocycles. The van der Waals surface area contributed by atoms with Gasteiger partial charge >= 0.3 is 6.09 Å². The van der Waals surface area contributed by atoms with Crippen molar-refractivity contribution < 1.29 is 9.90 Å². The molecule has 0 aliphatic rings. The van der Waals surface area contributed by atoms with Crippen molar-refractivity contribution in [3.05, 3.63) is 54.4 Å². The van der Waals surface area contributed by atoms with Crippen molar-refractivity contribution in [1.82, 2.24) is 9.97 Å². The molecule has 1 aromatic heterocycles. The lowest BCUT2D eigenvalue weighted by Gasteiger charge is -2.08. The second-order valence-electron chi connectivity index (χ2n) is 4.78. The molecule has 3 rings (SSSR count). The van der Waals surface area contributed by atoms with E-state index in [2.05, 4.69) is 15.3 Å². The fourth-order valence-electron chi connectivity index (χ4n) is 2.29. The average Bonchev–Trinajstić information content (AvgIpc) is 2.45. The van der Waals surface area contributed by atoms with Crippen LogP contribution < -0.4 is 5.32 Å². The molecule has 5 nitrogen and oxygen atoms in total. The van der Waals surface area contributed by atoms with Crippen LogP contribution in [0.25, 0.3) is 22.2 Å². The lowest BCUT2D eigenvalue weighted by molar-refractivity contribution is 0.210. The third kappa shape index (κ3) is 2.81. The van der Waals surface area contributed by atoms with E-state index < -0.39 is 6.09 Å². The predicted molar refractivity (Wildman–Crippen MR) is 81.4 cm³/mol. The van der Waals surface area contributed by atoms with E-state index in [1.807, 2.05) is 31.2 Å². The molecular formula is C16H13N3O2. The number of benzene rings is 2. The van der Waals surface area contributed by atoms with Crippen LogP contribution in [0.4, 0.5) is 10.5 Å². The van der Waals surface area contributed by atoms with Crippen molar-refractivity contribution in [3.63, 3.8) is 0 Å². The Morgan fingerprint density at radius 1 is 1.00 bits per heavy atom. The standard InChI is InChI=1S/C16H13N3O2/c1-10-6-12(8-13(7-10)19-16(20)21)11-2-3-14-15(9-11)18-5-4-17-14/h2-9,19H,1H3,(H,20,21). The van der Waals surface area contributed by atoms with Gasteiger partial charge in [-0.25, -0.2) is 4.79 Å². The Morgan fingerprint density at radius 3 is 2.52 bits per heavy atom. The summed E-state index contributed by atoms with van der Waals surface area (Å²) in [6.07, 6.45) is 2.24. The van der Waals surface area contributed by atoms with Crippen molar-refractivity contribution >= 4 is 22.8 Å². The van der Waals surface area contributed by atoms with Crippen molar-refractivity contribution in [1.29, 1.82) is 0 Å². The Morgan fingerprint density at radius 2 is 1.76 bits per heavy atom. The van der Waals surface area contributed by atoms with Gasteiger partial charge in [0.05, 0.1) is 11.0 Å². The maximum absolute atomic E-state index is 10.8. The zero-order valence-electron chi connectivity index (χ0n) is 11.4. The number of carboxylic acid groups (broad SMARTS) is 1. The highest BCUT2D eigenvalue weighted by Crippen LogP contribution is 2.26. The molecule has 0 fully saturated rings. The minimum Gasteiger partial charge on any atom is -0.465 e. The van der Waals surface area contributed by atoms with Gasteiger partial charge in [0.1, 0.15) is 0 Å². The molecule has 0 saturated carbocycles. The quantitative estimate of drug-likeness (QED) is 0.750. The zero-order valence-corrected chi connectivity index (χ0v) is 11.4. The topological polar surface area (TPSA) is 75.1 Å². The molecule has 0 bridgehead atoms. The van der Waals surface area contributed by atoms with Crippen molar-refractivity contribution in [2.45, 2.75) is 6.92 Å². The number of hydrogen-bond acceptors (Lipinski definition) is 3.